The summed E-state index contributed by atoms with van der Waals surface area (Å²) in [5, 5.41) is 20.4. The van der Waals surface area contributed by atoms with E-state index in [0.717, 1.165) is 6.07 Å². The second-order valence-electron chi connectivity index (χ2n) is 5.23. The highest BCUT2D eigenvalue weighted by Crippen LogP contribution is 2.37. The van der Waals surface area contributed by atoms with Gasteiger partial charge in [-0.2, -0.15) is 8.78 Å². The van der Waals surface area contributed by atoms with Crippen molar-refractivity contribution >= 4 is 11.7 Å². The largest absolute Gasteiger partial charge is 0.493 e. The van der Waals surface area contributed by atoms with Gasteiger partial charge in [0.15, 0.2) is 11.5 Å². The van der Waals surface area contributed by atoms with Gasteiger partial charge in [0, 0.05) is 12.1 Å². The fourth-order valence-corrected chi connectivity index (χ4v) is 2.75. The van der Waals surface area contributed by atoms with Crippen LogP contribution in [-0.2, 0) is 11.3 Å². The van der Waals surface area contributed by atoms with Gasteiger partial charge >= 0.3 is 12.6 Å². The van der Waals surface area contributed by atoms with E-state index >= 15 is 0 Å². The maximum atomic E-state index is 12.4. The Morgan fingerprint density at radius 2 is 2.21 bits per heavy atom. The van der Waals surface area contributed by atoms with Crippen LogP contribution in [0.5, 0.6) is 11.5 Å². The molecule has 132 valence electrons. The molecular formula is C14H16F2N2O6. The molecule has 1 aliphatic heterocycles. The van der Waals surface area contributed by atoms with Gasteiger partial charge in [-0.1, -0.05) is 0 Å². The van der Waals surface area contributed by atoms with Crippen molar-refractivity contribution in [2.24, 2.45) is 0 Å². The van der Waals surface area contributed by atoms with Crippen LogP contribution in [0.25, 0.3) is 0 Å². The molecule has 24 heavy (non-hydrogen) atoms. The number of benzene rings is 1. The number of rotatable bonds is 7. The summed E-state index contributed by atoms with van der Waals surface area (Å²) < 4.78 is 34.0. The molecule has 0 spiro atoms. The lowest BCUT2D eigenvalue weighted by atomic mass is 10.1. The number of nitro groups is 1. The Hall–Kier alpha value is -2.49. The number of likely N-dealkylation sites (tertiary alicyclic amines) is 1. The first kappa shape index (κ1) is 17.9. The third-order valence-corrected chi connectivity index (χ3v) is 3.80. The maximum Gasteiger partial charge on any atom is 0.387 e. The molecule has 1 N–H and O–H groups in total. The fourth-order valence-electron chi connectivity index (χ4n) is 2.75. The van der Waals surface area contributed by atoms with Crippen molar-refractivity contribution in [2.45, 2.75) is 32.0 Å². The topological polar surface area (TPSA) is 102 Å². The zero-order chi connectivity index (χ0) is 17.9. The highest BCUT2D eigenvalue weighted by Gasteiger charge is 2.32. The highest BCUT2D eigenvalue weighted by molar-refractivity contribution is 5.73. The van der Waals surface area contributed by atoms with Crippen molar-refractivity contribution in [3.05, 3.63) is 27.8 Å². The van der Waals surface area contributed by atoms with Crippen molar-refractivity contribution in [2.75, 3.05) is 13.7 Å². The van der Waals surface area contributed by atoms with E-state index in [1.165, 1.54) is 13.2 Å². The van der Waals surface area contributed by atoms with E-state index in [0.29, 0.717) is 19.4 Å². The van der Waals surface area contributed by atoms with E-state index in [1.54, 1.807) is 4.90 Å². The number of halogens is 2. The van der Waals surface area contributed by atoms with Crippen LogP contribution in [-0.4, -0.2) is 47.2 Å². The van der Waals surface area contributed by atoms with Crippen LogP contribution in [0.15, 0.2) is 12.1 Å². The van der Waals surface area contributed by atoms with Gasteiger partial charge in [-0.25, -0.2) is 0 Å². The van der Waals surface area contributed by atoms with Crippen molar-refractivity contribution in [1.29, 1.82) is 0 Å². The van der Waals surface area contributed by atoms with Gasteiger partial charge in [0.1, 0.15) is 6.04 Å². The lowest BCUT2D eigenvalue weighted by Crippen LogP contribution is -2.35. The number of methoxy groups -OCH3 is 1. The van der Waals surface area contributed by atoms with Gasteiger partial charge in [-0.15, -0.1) is 0 Å². The van der Waals surface area contributed by atoms with Crippen LogP contribution in [0.2, 0.25) is 0 Å². The average molecular weight is 346 g/mol. The van der Waals surface area contributed by atoms with Gasteiger partial charge in [0.2, 0.25) is 0 Å². The molecule has 1 aliphatic rings. The molecule has 0 bridgehead atoms. The first-order chi connectivity index (χ1) is 11.3. The van der Waals surface area contributed by atoms with E-state index in [-0.39, 0.29) is 17.9 Å². The van der Waals surface area contributed by atoms with E-state index in [9.17, 15) is 28.8 Å². The van der Waals surface area contributed by atoms with E-state index in [4.69, 9.17) is 4.74 Å². The van der Waals surface area contributed by atoms with E-state index in [2.05, 4.69) is 4.74 Å². The predicted octanol–water partition coefficient (Wildman–Crippen LogP) is 2.25. The number of alkyl halides is 2. The molecule has 1 heterocycles. The smallest absolute Gasteiger partial charge is 0.387 e. The quantitative estimate of drug-likeness (QED) is 0.597. The second kappa shape index (κ2) is 7.39. The zero-order valence-corrected chi connectivity index (χ0v) is 12.8. The number of hydrogen-bond acceptors (Lipinski definition) is 6. The van der Waals surface area contributed by atoms with Crippen molar-refractivity contribution in [3.63, 3.8) is 0 Å². The Labute approximate surface area is 135 Å². The van der Waals surface area contributed by atoms with Crippen LogP contribution in [0.1, 0.15) is 18.4 Å². The molecule has 1 atom stereocenters. The average Bonchev–Trinajstić information content (AvgIpc) is 2.95. The minimum Gasteiger partial charge on any atom is -0.493 e. The minimum absolute atomic E-state index is 0.00139. The van der Waals surface area contributed by atoms with Gasteiger partial charge in [0.05, 0.1) is 18.1 Å². The number of ether oxygens (including phenoxy) is 2. The number of hydrogen-bond donors (Lipinski definition) is 1. The van der Waals surface area contributed by atoms with Crippen LogP contribution in [0.4, 0.5) is 14.5 Å². The molecule has 0 amide bonds. The molecule has 8 nitrogen and oxygen atoms in total. The number of nitro benzene ring substituents is 1. The summed E-state index contributed by atoms with van der Waals surface area (Å²) in [5.41, 5.74) is -0.255. The molecular weight excluding hydrogens is 330 g/mol. The lowest BCUT2D eigenvalue weighted by Gasteiger charge is -2.21. The normalized spacial score (nSPS) is 17.9. The number of carboxylic acid groups (broad SMARTS) is 1. The summed E-state index contributed by atoms with van der Waals surface area (Å²) in [7, 11) is 1.22. The van der Waals surface area contributed by atoms with Crippen LogP contribution < -0.4 is 9.47 Å². The number of nitrogens with zero attached hydrogens (tertiary/aromatic N) is 2. The number of carbonyl (C=O) groups is 1. The molecule has 0 aliphatic carbocycles. The molecule has 10 heteroatoms. The maximum absolute atomic E-state index is 12.4. The summed E-state index contributed by atoms with van der Waals surface area (Å²) in [6, 6.07) is 1.37. The summed E-state index contributed by atoms with van der Waals surface area (Å²) >= 11 is 0. The number of aliphatic carboxylic acids is 1. The second-order valence-corrected chi connectivity index (χ2v) is 5.23. The molecule has 0 saturated carbocycles. The predicted molar refractivity (Wildman–Crippen MR) is 77.3 cm³/mol. The molecule has 0 aromatic heterocycles. The monoisotopic (exact) mass is 346 g/mol. The Morgan fingerprint density at radius 1 is 1.50 bits per heavy atom. The van der Waals surface area contributed by atoms with E-state index in [1.807, 2.05) is 0 Å². The zero-order valence-electron chi connectivity index (χ0n) is 12.8. The summed E-state index contributed by atoms with van der Waals surface area (Å²) in [4.78, 5) is 23.3. The van der Waals surface area contributed by atoms with Crippen LogP contribution >= 0.6 is 0 Å². The van der Waals surface area contributed by atoms with Crippen molar-refractivity contribution < 1.29 is 33.1 Å². The first-order valence-electron chi connectivity index (χ1n) is 7.10. The summed E-state index contributed by atoms with van der Waals surface area (Å²) in [5.74, 6) is -1.53. The molecule has 1 fully saturated rings. The molecule has 1 aromatic carbocycles. The minimum atomic E-state index is -3.15. The van der Waals surface area contributed by atoms with E-state index < -0.39 is 35.0 Å². The SMILES string of the molecule is COc1cc(CN2CCC[C@H]2C(=O)O)c([N+](=O)[O-])cc1OC(F)F. The Morgan fingerprint density at radius 3 is 2.75 bits per heavy atom. The van der Waals surface area contributed by atoms with Crippen LogP contribution in [0, 0.1) is 10.1 Å². The third kappa shape index (κ3) is 3.88. The van der Waals surface area contributed by atoms with Gasteiger partial charge < -0.3 is 14.6 Å². The van der Waals surface area contributed by atoms with Crippen LogP contribution in [0.3, 0.4) is 0 Å². The summed E-state index contributed by atoms with van der Waals surface area (Å²) in [6.07, 6.45) is 1.11. The third-order valence-electron chi connectivity index (χ3n) is 3.80. The molecule has 0 unspecified atom stereocenters. The standard InChI is InChI=1S/C14H16F2N2O6/c1-23-11-5-8(7-17-4-2-3-9(17)13(19)20)10(18(21)22)6-12(11)24-14(15)16/h5-6,9,14H,2-4,7H2,1H3,(H,19,20)/t9-/m0/s1. The Bertz CT molecular complexity index is 640. The Kier molecular flexibility index (Phi) is 5.50. The Balaban J connectivity index is 2.37. The fraction of sp³-hybridized carbons (Fsp3) is 0.500. The molecule has 1 saturated heterocycles. The van der Waals surface area contributed by atoms with Gasteiger partial charge in [0.25, 0.3) is 5.69 Å². The highest BCUT2D eigenvalue weighted by atomic mass is 19.3. The van der Waals surface area contributed by atoms with Gasteiger partial charge in [-0.3, -0.25) is 19.8 Å². The van der Waals surface area contributed by atoms with Gasteiger partial charge in [-0.05, 0) is 25.5 Å². The van der Waals surface area contributed by atoms with Crippen molar-refractivity contribution in [1.82, 2.24) is 4.90 Å². The molecule has 0 radical (unpaired) electrons. The van der Waals surface area contributed by atoms with Crippen molar-refractivity contribution in [3.8, 4) is 11.5 Å². The lowest BCUT2D eigenvalue weighted by molar-refractivity contribution is -0.385. The first-order valence-corrected chi connectivity index (χ1v) is 7.10. The number of carboxylic acids is 1. The molecule has 2 rings (SSSR count). The summed E-state index contributed by atoms with van der Waals surface area (Å²) in [6.45, 7) is -2.68. The molecule has 1 aromatic rings.